The monoisotopic (exact) mass is 219 g/mol. The Hall–Kier alpha value is -0.830. The van der Waals surface area contributed by atoms with Gasteiger partial charge in [-0.25, -0.2) is 0 Å². The lowest BCUT2D eigenvalue weighted by Crippen LogP contribution is -1.97. The van der Waals surface area contributed by atoms with Gasteiger partial charge in [0.15, 0.2) is 0 Å². The van der Waals surface area contributed by atoms with Crippen LogP contribution < -0.4 is 0 Å². The van der Waals surface area contributed by atoms with E-state index < -0.39 is 8.25 Å². The number of hydrogen-bond acceptors (Lipinski definition) is 2. The summed E-state index contributed by atoms with van der Waals surface area (Å²) in [5.41, 5.74) is 0. The van der Waals surface area contributed by atoms with Gasteiger partial charge in [0.1, 0.15) is 0 Å². The standard InChI is InChI=1S/C9H15N.H3O3P/c1-4-7-10(8-5-2)9-6-3;1-4(2)3/h4-9H,1-3H3;4H,(H2,1,2,3)/b7-4+,8-5+,9-6+;. The molecule has 0 aliphatic carbocycles. The van der Waals surface area contributed by atoms with Gasteiger partial charge in [0.25, 0.3) is 0 Å². The van der Waals surface area contributed by atoms with Crippen LogP contribution in [0.5, 0.6) is 0 Å². The van der Waals surface area contributed by atoms with Gasteiger partial charge in [-0.2, -0.15) is 0 Å². The van der Waals surface area contributed by atoms with E-state index in [1.807, 2.05) is 62.5 Å². The molecule has 0 rings (SSSR count). The molecule has 0 bridgehead atoms. The van der Waals surface area contributed by atoms with Gasteiger partial charge in [0.2, 0.25) is 0 Å². The van der Waals surface area contributed by atoms with E-state index in [0.29, 0.717) is 0 Å². The zero-order valence-corrected chi connectivity index (χ0v) is 9.71. The Morgan fingerprint density at radius 2 is 1.14 bits per heavy atom. The van der Waals surface area contributed by atoms with Gasteiger partial charge in [-0.3, -0.25) is 4.57 Å². The zero-order chi connectivity index (χ0) is 11.4. The van der Waals surface area contributed by atoms with Crippen LogP contribution in [0.25, 0.3) is 0 Å². The first-order valence-electron chi connectivity index (χ1n) is 4.16. The van der Waals surface area contributed by atoms with Crippen LogP contribution in [0.4, 0.5) is 0 Å². The summed E-state index contributed by atoms with van der Waals surface area (Å²) in [6, 6.07) is 0. The molecule has 0 spiro atoms. The first-order chi connectivity index (χ1) is 6.58. The molecule has 2 N–H and O–H groups in total. The molecular weight excluding hydrogens is 201 g/mol. The quantitative estimate of drug-likeness (QED) is 0.715. The van der Waals surface area contributed by atoms with Gasteiger partial charge in [0, 0.05) is 18.6 Å². The van der Waals surface area contributed by atoms with Crippen molar-refractivity contribution in [2.75, 3.05) is 0 Å². The molecule has 0 saturated carbocycles. The van der Waals surface area contributed by atoms with Crippen molar-refractivity contribution < 1.29 is 14.4 Å². The molecule has 0 heterocycles. The van der Waals surface area contributed by atoms with E-state index in [9.17, 15) is 0 Å². The number of allylic oxidation sites excluding steroid dienone is 3. The Labute approximate surface area is 85.8 Å². The summed E-state index contributed by atoms with van der Waals surface area (Å²) in [5.74, 6) is 0. The van der Waals surface area contributed by atoms with Crippen molar-refractivity contribution in [2.24, 2.45) is 0 Å². The van der Waals surface area contributed by atoms with Crippen LogP contribution in [0.1, 0.15) is 20.8 Å². The molecule has 14 heavy (non-hydrogen) atoms. The van der Waals surface area contributed by atoms with Crippen LogP contribution in [0, 0.1) is 0 Å². The molecule has 0 saturated heterocycles. The molecule has 0 unspecified atom stereocenters. The lowest BCUT2D eigenvalue weighted by Gasteiger charge is -2.06. The van der Waals surface area contributed by atoms with Crippen molar-refractivity contribution in [1.82, 2.24) is 4.90 Å². The molecule has 0 aromatic heterocycles. The lowest BCUT2D eigenvalue weighted by atomic mass is 10.5. The highest BCUT2D eigenvalue weighted by atomic mass is 31.1. The number of hydrogen-bond donors (Lipinski definition) is 2. The van der Waals surface area contributed by atoms with E-state index in [4.69, 9.17) is 14.4 Å². The first kappa shape index (κ1) is 15.6. The summed E-state index contributed by atoms with van der Waals surface area (Å²) in [6.45, 7) is 6.00. The fraction of sp³-hybridized carbons (Fsp3) is 0.333. The minimum absolute atomic E-state index is 2.00. The third-order valence-electron chi connectivity index (χ3n) is 0.964. The van der Waals surface area contributed by atoms with E-state index in [2.05, 4.69) is 0 Å². The Morgan fingerprint density at radius 3 is 1.29 bits per heavy atom. The van der Waals surface area contributed by atoms with Gasteiger partial charge < -0.3 is 14.7 Å². The average molecular weight is 219 g/mol. The molecule has 0 aromatic rings. The molecule has 82 valence electrons. The second-order valence-corrected chi connectivity index (χ2v) is 2.74. The van der Waals surface area contributed by atoms with Crippen LogP contribution in [0.15, 0.2) is 36.8 Å². The summed E-state index contributed by atoms with van der Waals surface area (Å²) in [5, 5.41) is 0. The molecule has 0 atom stereocenters. The average Bonchev–Trinajstić information content (AvgIpc) is 2.04. The van der Waals surface area contributed by atoms with Crippen LogP contribution in [0.2, 0.25) is 0 Å². The first-order valence-corrected chi connectivity index (χ1v) is 5.46. The van der Waals surface area contributed by atoms with E-state index in [-0.39, 0.29) is 0 Å². The highest BCUT2D eigenvalue weighted by molar-refractivity contribution is 7.30. The van der Waals surface area contributed by atoms with Gasteiger partial charge in [-0.1, -0.05) is 18.2 Å². The molecule has 0 amide bonds. The summed E-state index contributed by atoms with van der Waals surface area (Å²) in [6.07, 6.45) is 12.0. The number of nitrogens with zero attached hydrogens (tertiary/aromatic N) is 1. The van der Waals surface area contributed by atoms with Crippen LogP contribution in [0.3, 0.4) is 0 Å². The fourth-order valence-electron chi connectivity index (χ4n) is 0.665. The highest BCUT2D eigenvalue weighted by Crippen LogP contribution is 1.98. The Bertz CT molecular complexity index is 192. The Morgan fingerprint density at radius 1 is 0.929 bits per heavy atom. The molecule has 0 aromatic carbocycles. The molecule has 0 aliphatic rings. The van der Waals surface area contributed by atoms with Crippen LogP contribution in [-0.2, 0) is 4.57 Å². The maximum absolute atomic E-state index is 8.74. The fourth-order valence-corrected chi connectivity index (χ4v) is 0.665. The van der Waals surface area contributed by atoms with Crippen molar-refractivity contribution in [3.8, 4) is 0 Å². The molecule has 0 fully saturated rings. The van der Waals surface area contributed by atoms with Crippen molar-refractivity contribution in [3.63, 3.8) is 0 Å². The summed E-state index contributed by atoms with van der Waals surface area (Å²) in [4.78, 5) is 16.3. The normalized spacial score (nSPS) is 11.3. The highest BCUT2D eigenvalue weighted by Gasteiger charge is 1.80. The van der Waals surface area contributed by atoms with E-state index >= 15 is 0 Å². The summed E-state index contributed by atoms with van der Waals surface area (Å²) in [7, 11) is -3.13. The SMILES string of the molecule is C/C=C/N(/C=C/C)/C=C/C.O=[PH](O)O. The Balaban J connectivity index is 0. The third kappa shape index (κ3) is 17.3. The van der Waals surface area contributed by atoms with Crippen LogP contribution >= 0.6 is 8.25 Å². The topological polar surface area (TPSA) is 60.8 Å². The van der Waals surface area contributed by atoms with E-state index in [1.165, 1.54) is 0 Å². The van der Waals surface area contributed by atoms with Gasteiger partial charge in [-0.05, 0) is 20.8 Å². The predicted octanol–water partition coefficient (Wildman–Crippen LogP) is 2.25. The summed E-state index contributed by atoms with van der Waals surface area (Å²) < 4.78 is 8.74. The second-order valence-electron chi connectivity index (χ2n) is 2.18. The van der Waals surface area contributed by atoms with Gasteiger partial charge in [0.05, 0.1) is 0 Å². The molecule has 5 heteroatoms. The van der Waals surface area contributed by atoms with E-state index in [1.54, 1.807) is 0 Å². The van der Waals surface area contributed by atoms with Crippen molar-refractivity contribution in [1.29, 1.82) is 0 Å². The number of rotatable bonds is 3. The minimum atomic E-state index is -3.13. The van der Waals surface area contributed by atoms with Crippen LogP contribution in [-0.4, -0.2) is 14.7 Å². The maximum Gasteiger partial charge on any atom is 0.314 e. The molecular formula is C9H18NO3P. The summed E-state index contributed by atoms with van der Waals surface area (Å²) >= 11 is 0. The van der Waals surface area contributed by atoms with E-state index in [0.717, 1.165) is 0 Å². The third-order valence-corrected chi connectivity index (χ3v) is 0.964. The maximum atomic E-state index is 8.74. The molecule has 0 aliphatic heterocycles. The van der Waals surface area contributed by atoms with Crippen molar-refractivity contribution >= 4 is 8.25 Å². The molecule has 4 nitrogen and oxygen atoms in total. The van der Waals surface area contributed by atoms with Crippen molar-refractivity contribution in [2.45, 2.75) is 20.8 Å². The van der Waals surface area contributed by atoms with Gasteiger partial charge in [-0.15, -0.1) is 0 Å². The minimum Gasteiger partial charge on any atom is -0.332 e. The largest absolute Gasteiger partial charge is 0.332 e. The molecule has 0 radical (unpaired) electrons. The predicted molar refractivity (Wildman–Crippen MR) is 59.7 cm³/mol. The van der Waals surface area contributed by atoms with Gasteiger partial charge >= 0.3 is 8.25 Å². The lowest BCUT2D eigenvalue weighted by molar-refractivity contribution is 0.405. The van der Waals surface area contributed by atoms with Crippen molar-refractivity contribution in [3.05, 3.63) is 36.8 Å². The Kier molecular flexibility index (Phi) is 13.6. The second kappa shape index (κ2) is 12.2. The zero-order valence-electron chi connectivity index (χ0n) is 8.71. The smallest absolute Gasteiger partial charge is 0.314 e.